The average molecular weight is 366 g/mol. The Balaban J connectivity index is 0. The van der Waals surface area contributed by atoms with Crippen molar-refractivity contribution in [1.82, 2.24) is 0 Å². The van der Waals surface area contributed by atoms with Gasteiger partial charge in [0.25, 0.3) is 0 Å². The Morgan fingerprint density at radius 2 is 1.92 bits per heavy atom. The van der Waals surface area contributed by atoms with E-state index in [4.69, 9.17) is 20.3 Å². The smallest absolute Gasteiger partial charge is 0.118 e. The zero-order valence-corrected chi connectivity index (χ0v) is 17.6. The maximum absolute atomic E-state index is 8.84. The van der Waals surface area contributed by atoms with E-state index < -0.39 is 5.60 Å². The topological polar surface area (TPSA) is 64.7 Å². The van der Waals surface area contributed by atoms with Crippen molar-refractivity contribution in [3.63, 3.8) is 0 Å². The molecule has 0 aliphatic carbocycles. The molecule has 26 heavy (non-hydrogen) atoms. The van der Waals surface area contributed by atoms with E-state index in [9.17, 15) is 0 Å². The normalized spacial score (nSPS) is 12.0. The third kappa shape index (κ3) is 20.3. The van der Waals surface area contributed by atoms with Crippen LogP contribution >= 0.6 is 0 Å². The first-order valence-electron chi connectivity index (χ1n) is 9.22. The van der Waals surface area contributed by atoms with Gasteiger partial charge in [0.05, 0.1) is 18.8 Å². The van der Waals surface area contributed by atoms with Crippen LogP contribution in [0.25, 0.3) is 0 Å². The molecule has 0 rings (SSSR count). The summed E-state index contributed by atoms with van der Waals surface area (Å²) in [5.41, 5.74) is 5.86. The van der Waals surface area contributed by atoms with Crippen molar-refractivity contribution in [2.75, 3.05) is 19.8 Å². The molecule has 0 bridgehead atoms. The molecule has 0 saturated carbocycles. The van der Waals surface area contributed by atoms with Crippen molar-refractivity contribution in [2.45, 2.75) is 66.4 Å². The Morgan fingerprint density at radius 1 is 1.27 bits per heavy atom. The largest absolute Gasteiger partial charge is 0.494 e. The van der Waals surface area contributed by atoms with Crippen LogP contribution in [0, 0.1) is 17.8 Å². The van der Waals surface area contributed by atoms with Gasteiger partial charge in [-0.25, -0.2) is 0 Å². The van der Waals surface area contributed by atoms with Gasteiger partial charge in [-0.3, -0.25) is 0 Å². The van der Waals surface area contributed by atoms with Crippen LogP contribution in [-0.2, 0) is 9.47 Å². The van der Waals surface area contributed by atoms with E-state index in [-0.39, 0.29) is 6.61 Å². The number of allylic oxidation sites excluding steroid dienone is 4. The lowest BCUT2D eigenvalue weighted by atomic mass is 10.1. The molecule has 0 spiro atoms. The van der Waals surface area contributed by atoms with Crippen LogP contribution in [-0.4, -0.2) is 30.5 Å². The van der Waals surface area contributed by atoms with Gasteiger partial charge in [-0.1, -0.05) is 20.4 Å². The SMILES string of the molecule is C=C/C(=C\C=C(/C)N)OCCC(C)C.CC#CCCCOC(C)(C)CO. The molecule has 0 aliphatic heterocycles. The van der Waals surface area contributed by atoms with Gasteiger partial charge >= 0.3 is 0 Å². The molecule has 3 N–H and O–H groups in total. The Bertz CT molecular complexity index is 475. The third-order valence-electron chi connectivity index (χ3n) is 3.17. The highest BCUT2D eigenvalue weighted by Crippen LogP contribution is 2.08. The lowest BCUT2D eigenvalue weighted by Crippen LogP contribution is -2.29. The molecule has 0 aromatic carbocycles. The summed E-state index contributed by atoms with van der Waals surface area (Å²) >= 11 is 0. The van der Waals surface area contributed by atoms with Crippen molar-refractivity contribution in [3.05, 3.63) is 36.3 Å². The molecule has 0 aromatic rings. The molecule has 0 radical (unpaired) electrons. The second-order valence-corrected chi connectivity index (χ2v) is 7.01. The molecular weight excluding hydrogens is 326 g/mol. The van der Waals surface area contributed by atoms with Gasteiger partial charge in [0.1, 0.15) is 5.76 Å². The van der Waals surface area contributed by atoms with Crippen LogP contribution in [0.4, 0.5) is 0 Å². The minimum absolute atomic E-state index is 0.0620. The first-order chi connectivity index (χ1) is 12.2. The highest BCUT2D eigenvalue weighted by atomic mass is 16.5. The van der Waals surface area contributed by atoms with Crippen molar-refractivity contribution < 1.29 is 14.6 Å². The predicted octanol–water partition coefficient (Wildman–Crippen LogP) is 4.56. The molecule has 0 aromatic heterocycles. The minimum atomic E-state index is -0.403. The minimum Gasteiger partial charge on any atom is -0.494 e. The number of unbranched alkanes of at least 4 members (excludes halogenated alkanes) is 1. The van der Waals surface area contributed by atoms with Crippen molar-refractivity contribution in [2.24, 2.45) is 11.7 Å². The fraction of sp³-hybridized carbons (Fsp3) is 0.636. The van der Waals surface area contributed by atoms with Crippen molar-refractivity contribution in [1.29, 1.82) is 0 Å². The average Bonchev–Trinajstić information content (AvgIpc) is 2.58. The zero-order valence-electron chi connectivity index (χ0n) is 17.6. The lowest BCUT2D eigenvalue weighted by Gasteiger charge is -2.21. The van der Waals surface area contributed by atoms with E-state index in [1.165, 1.54) is 0 Å². The van der Waals surface area contributed by atoms with E-state index in [1.54, 1.807) is 6.08 Å². The summed E-state index contributed by atoms with van der Waals surface area (Å²) in [7, 11) is 0. The number of aliphatic hydroxyl groups excluding tert-OH is 1. The van der Waals surface area contributed by atoms with E-state index in [0.29, 0.717) is 12.5 Å². The van der Waals surface area contributed by atoms with E-state index >= 15 is 0 Å². The van der Waals surface area contributed by atoms with E-state index in [0.717, 1.165) is 37.3 Å². The Kier molecular flexibility index (Phi) is 17.1. The fourth-order valence-corrected chi connectivity index (χ4v) is 1.48. The third-order valence-corrected chi connectivity index (χ3v) is 3.17. The number of hydrogen-bond acceptors (Lipinski definition) is 4. The molecule has 0 fully saturated rings. The Hall–Kier alpha value is -1.70. The second kappa shape index (κ2) is 16.8. The first-order valence-corrected chi connectivity index (χ1v) is 9.22. The molecule has 0 heterocycles. The number of aliphatic hydroxyl groups is 1. The summed E-state index contributed by atoms with van der Waals surface area (Å²) in [6.07, 6.45) is 8.20. The van der Waals surface area contributed by atoms with Gasteiger partial charge in [0.15, 0.2) is 0 Å². The highest BCUT2D eigenvalue weighted by Gasteiger charge is 2.15. The number of hydrogen-bond donors (Lipinski definition) is 2. The number of ether oxygens (including phenoxy) is 2. The van der Waals surface area contributed by atoms with Crippen LogP contribution in [0.3, 0.4) is 0 Å². The van der Waals surface area contributed by atoms with Crippen LogP contribution in [0.5, 0.6) is 0 Å². The summed E-state index contributed by atoms with van der Waals surface area (Å²) in [5, 5.41) is 8.84. The molecule has 0 aliphatic rings. The van der Waals surface area contributed by atoms with Crippen LogP contribution in [0.2, 0.25) is 0 Å². The summed E-state index contributed by atoms with van der Waals surface area (Å²) in [5.74, 6) is 7.22. The molecule has 0 amide bonds. The second-order valence-electron chi connectivity index (χ2n) is 7.01. The molecule has 4 nitrogen and oxygen atoms in total. The molecule has 0 saturated heterocycles. The van der Waals surface area contributed by atoms with Crippen LogP contribution < -0.4 is 5.73 Å². The van der Waals surface area contributed by atoms with Gasteiger partial charge in [-0.15, -0.1) is 11.8 Å². The van der Waals surface area contributed by atoms with Gasteiger partial charge in [0.2, 0.25) is 0 Å². The van der Waals surface area contributed by atoms with Gasteiger partial charge in [-0.05, 0) is 64.7 Å². The maximum Gasteiger partial charge on any atom is 0.118 e. The highest BCUT2D eigenvalue weighted by molar-refractivity contribution is 5.18. The maximum atomic E-state index is 8.84. The number of rotatable bonds is 11. The van der Waals surface area contributed by atoms with Crippen LogP contribution in [0.15, 0.2) is 36.3 Å². The Labute approximate surface area is 161 Å². The monoisotopic (exact) mass is 365 g/mol. The molecule has 0 unspecified atom stereocenters. The number of nitrogens with two attached hydrogens (primary N) is 1. The fourth-order valence-electron chi connectivity index (χ4n) is 1.48. The molecule has 4 heteroatoms. The molecule has 0 atom stereocenters. The zero-order chi connectivity index (χ0) is 20.4. The van der Waals surface area contributed by atoms with Gasteiger partial charge in [-0.2, -0.15) is 0 Å². The first kappa shape index (κ1) is 26.5. The summed E-state index contributed by atoms with van der Waals surface area (Å²) in [6, 6.07) is 0. The summed E-state index contributed by atoms with van der Waals surface area (Å²) in [4.78, 5) is 0. The standard InChI is InChI=1S/C12H21NO.C10H18O2/c1-5-12(7-6-11(4)13)14-9-8-10(2)3;1-4-5-6-7-8-12-10(2,3)9-11/h5-7,10H,1,8-9,13H2,2-4H3;11H,6-9H2,1-3H3/b11-6+,12-7+;. The van der Waals surface area contributed by atoms with Gasteiger partial charge < -0.3 is 20.3 Å². The summed E-state index contributed by atoms with van der Waals surface area (Å²) < 4.78 is 10.9. The van der Waals surface area contributed by atoms with E-state index in [2.05, 4.69) is 32.3 Å². The molecule has 150 valence electrons. The van der Waals surface area contributed by atoms with Crippen molar-refractivity contribution in [3.8, 4) is 11.8 Å². The van der Waals surface area contributed by atoms with Crippen LogP contribution in [0.1, 0.15) is 60.8 Å². The lowest BCUT2D eigenvalue weighted by molar-refractivity contribution is -0.0538. The Morgan fingerprint density at radius 3 is 2.38 bits per heavy atom. The van der Waals surface area contributed by atoms with Crippen molar-refractivity contribution >= 4 is 0 Å². The quantitative estimate of drug-likeness (QED) is 0.244. The summed E-state index contributed by atoms with van der Waals surface area (Å²) in [6.45, 7) is 16.9. The molecular formula is C22H39NO3. The van der Waals surface area contributed by atoms with Gasteiger partial charge in [0, 0.05) is 18.7 Å². The van der Waals surface area contributed by atoms with E-state index in [1.807, 2.05) is 39.8 Å². The predicted molar refractivity (Wildman–Crippen MR) is 111 cm³/mol.